The van der Waals surface area contributed by atoms with Gasteiger partial charge in [0.1, 0.15) is 5.60 Å². The molecule has 1 fully saturated rings. The number of hydrogen-bond donors (Lipinski definition) is 3. The summed E-state index contributed by atoms with van der Waals surface area (Å²) in [5, 5.41) is 11.9. The minimum atomic E-state index is -1.05. The molecule has 7 nitrogen and oxygen atoms in total. The van der Waals surface area contributed by atoms with Gasteiger partial charge in [-0.3, -0.25) is 4.79 Å². The molecule has 4 N–H and O–H groups in total. The number of carboxylic acids is 1. The monoisotopic (exact) mass is 274 g/mol. The number of hydrogen-bond acceptors (Lipinski definition) is 5. The number of carbonyl (C=O) groups excluding carboxylic acids is 1. The molecule has 0 aromatic carbocycles. The van der Waals surface area contributed by atoms with Crippen molar-refractivity contribution >= 4 is 12.1 Å². The highest BCUT2D eigenvalue weighted by atomic mass is 16.6. The van der Waals surface area contributed by atoms with Crippen LogP contribution in [0.2, 0.25) is 0 Å². The molecular weight excluding hydrogens is 252 g/mol. The Kier molecular flexibility index (Phi) is 4.75. The molecule has 2 unspecified atom stereocenters. The molecule has 1 saturated heterocycles. The first-order valence-corrected chi connectivity index (χ1v) is 6.22. The van der Waals surface area contributed by atoms with Gasteiger partial charge < -0.3 is 25.6 Å². The number of nitrogens with one attached hydrogen (secondary N) is 1. The van der Waals surface area contributed by atoms with Gasteiger partial charge in [-0.2, -0.15) is 0 Å². The second-order valence-electron chi connectivity index (χ2n) is 5.71. The van der Waals surface area contributed by atoms with Crippen molar-refractivity contribution in [3.05, 3.63) is 0 Å². The summed E-state index contributed by atoms with van der Waals surface area (Å²) in [6.07, 6.45) is -0.252. The summed E-state index contributed by atoms with van der Waals surface area (Å²) in [4.78, 5) is 23.1. The van der Waals surface area contributed by atoms with Crippen LogP contribution in [0.3, 0.4) is 0 Å². The summed E-state index contributed by atoms with van der Waals surface area (Å²) in [5.41, 5.74) is 3.87. The predicted octanol–water partition coefficient (Wildman–Crippen LogP) is 0.330. The summed E-state index contributed by atoms with van der Waals surface area (Å²) < 4.78 is 10.4. The molecule has 7 heteroatoms. The van der Waals surface area contributed by atoms with Gasteiger partial charge in [-0.1, -0.05) is 0 Å². The maximum absolute atomic E-state index is 11.8. The summed E-state index contributed by atoms with van der Waals surface area (Å²) in [6, 6.07) is 0. The van der Waals surface area contributed by atoms with E-state index < -0.39 is 29.1 Å². The molecule has 0 radical (unpaired) electrons. The van der Waals surface area contributed by atoms with Gasteiger partial charge in [0.25, 0.3) is 0 Å². The van der Waals surface area contributed by atoms with Crippen molar-refractivity contribution in [1.82, 2.24) is 5.32 Å². The lowest BCUT2D eigenvalue weighted by molar-refractivity contribution is -0.144. The van der Waals surface area contributed by atoms with Crippen LogP contribution in [0, 0.1) is 5.92 Å². The number of amides is 1. The third-order valence-electron chi connectivity index (χ3n) is 3.00. The van der Waals surface area contributed by atoms with E-state index in [0.29, 0.717) is 13.0 Å². The molecule has 110 valence electrons. The molecule has 1 aliphatic rings. The Labute approximate surface area is 112 Å². The Morgan fingerprint density at radius 3 is 2.53 bits per heavy atom. The topological polar surface area (TPSA) is 111 Å². The lowest BCUT2D eigenvalue weighted by Gasteiger charge is -2.34. The highest BCUT2D eigenvalue weighted by Crippen LogP contribution is 2.28. The molecule has 0 spiro atoms. The van der Waals surface area contributed by atoms with Crippen LogP contribution in [0.15, 0.2) is 0 Å². The van der Waals surface area contributed by atoms with E-state index in [-0.39, 0.29) is 13.2 Å². The van der Waals surface area contributed by atoms with Crippen molar-refractivity contribution in [2.45, 2.75) is 38.3 Å². The highest BCUT2D eigenvalue weighted by Gasteiger charge is 2.47. The zero-order valence-electron chi connectivity index (χ0n) is 11.6. The molecule has 19 heavy (non-hydrogen) atoms. The van der Waals surface area contributed by atoms with E-state index in [2.05, 4.69) is 5.32 Å². The van der Waals surface area contributed by atoms with Gasteiger partial charge in [0, 0.05) is 13.2 Å². The molecule has 0 saturated carbocycles. The fourth-order valence-corrected chi connectivity index (χ4v) is 2.11. The zero-order chi connectivity index (χ0) is 14.7. The summed E-state index contributed by atoms with van der Waals surface area (Å²) in [6.45, 7) is 5.65. The van der Waals surface area contributed by atoms with E-state index in [1.807, 2.05) is 0 Å². The Morgan fingerprint density at radius 1 is 1.53 bits per heavy atom. The van der Waals surface area contributed by atoms with Crippen molar-refractivity contribution in [1.29, 1.82) is 0 Å². The molecule has 1 amide bonds. The Balaban J connectivity index is 2.83. The second-order valence-corrected chi connectivity index (χ2v) is 5.71. The summed E-state index contributed by atoms with van der Waals surface area (Å²) in [5.74, 6) is -1.95. The third-order valence-corrected chi connectivity index (χ3v) is 3.00. The van der Waals surface area contributed by atoms with Gasteiger partial charge >= 0.3 is 12.1 Å². The van der Waals surface area contributed by atoms with Crippen LogP contribution in [0.1, 0.15) is 27.2 Å². The van der Waals surface area contributed by atoms with E-state index in [1.165, 1.54) is 0 Å². The average molecular weight is 274 g/mol. The lowest BCUT2D eigenvalue weighted by atomic mass is 9.83. The molecule has 2 atom stereocenters. The third kappa shape index (κ3) is 4.07. The van der Waals surface area contributed by atoms with Crippen molar-refractivity contribution in [2.24, 2.45) is 11.7 Å². The lowest BCUT2D eigenvalue weighted by Crippen LogP contribution is -2.59. The fraction of sp³-hybridized carbons (Fsp3) is 0.833. The van der Waals surface area contributed by atoms with Crippen LogP contribution in [0.4, 0.5) is 4.79 Å². The van der Waals surface area contributed by atoms with Crippen LogP contribution in [-0.4, -0.2) is 48.1 Å². The van der Waals surface area contributed by atoms with E-state index >= 15 is 0 Å². The normalized spacial score (nSPS) is 24.8. The van der Waals surface area contributed by atoms with E-state index in [9.17, 15) is 14.7 Å². The number of ether oxygens (including phenoxy) is 2. The number of alkyl carbamates (subject to hydrolysis) is 1. The van der Waals surface area contributed by atoms with E-state index in [4.69, 9.17) is 15.2 Å². The fourth-order valence-electron chi connectivity index (χ4n) is 2.11. The summed E-state index contributed by atoms with van der Waals surface area (Å²) in [7, 11) is 0. The number of rotatable bonds is 4. The van der Waals surface area contributed by atoms with Gasteiger partial charge in [-0.25, -0.2) is 4.79 Å². The maximum atomic E-state index is 11.8. The minimum Gasteiger partial charge on any atom is -0.481 e. The molecule has 0 aromatic rings. The standard InChI is InChI=1S/C12H22N2O5/c1-11(2,3)19-10(17)14-12(4-5-18-7-12)8(6-13)9(15)16/h8H,4-7,13H2,1-3H3,(H,14,17)(H,15,16). The Bertz CT molecular complexity index is 345. The highest BCUT2D eigenvalue weighted by molar-refractivity contribution is 5.75. The van der Waals surface area contributed by atoms with Gasteiger partial charge in [-0.15, -0.1) is 0 Å². The zero-order valence-corrected chi connectivity index (χ0v) is 11.6. The van der Waals surface area contributed by atoms with Crippen molar-refractivity contribution in [3.8, 4) is 0 Å². The average Bonchev–Trinajstić information content (AvgIpc) is 2.63. The quantitative estimate of drug-likeness (QED) is 0.681. The molecule has 1 rings (SSSR count). The summed E-state index contributed by atoms with van der Waals surface area (Å²) >= 11 is 0. The van der Waals surface area contributed by atoms with E-state index in [0.717, 1.165) is 0 Å². The van der Waals surface area contributed by atoms with Gasteiger partial charge in [-0.05, 0) is 27.2 Å². The smallest absolute Gasteiger partial charge is 0.408 e. The number of nitrogens with two attached hydrogens (primary N) is 1. The molecular formula is C12H22N2O5. The van der Waals surface area contributed by atoms with Crippen LogP contribution < -0.4 is 11.1 Å². The van der Waals surface area contributed by atoms with E-state index in [1.54, 1.807) is 20.8 Å². The van der Waals surface area contributed by atoms with Gasteiger partial charge in [0.05, 0.1) is 18.1 Å². The van der Waals surface area contributed by atoms with Gasteiger partial charge in [0.2, 0.25) is 0 Å². The van der Waals surface area contributed by atoms with Gasteiger partial charge in [0.15, 0.2) is 0 Å². The van der Waals surface area contributed by atoms with Crippen LogP contribution >= 0.6 is 0 Å². The van der Waals surface area contributed by atoms with Crippen molar-refractivity contribution in [2.75, 3.05) is 19.8 Å². The first-order valence-electron chi connectivity index (χ1n) is 6.22. The molecule has 1 aliphatic heterocycles. The molecule has 0 aliphatic carbocycles. The van der Waals surface area contributed by atoms with Crippen LogP contribution in [0.25, 0.3) is 0 Å². The minimum absolute atomic E-state index is 0.0749. The second kappa shape index (κ2) is 5.75. The van der Waals surface area contributed by atoms with Crippen molar-refractivity contribution in [3.63, 3.8) is 0 Å². The molecule has 1 heterocycles. The maximum Gasteiger partial charge on any atom is 0.408 e. The number of carboxylic acid groups (broad SMARTS) is 1. The Morgan fingerprint density at radius 2 is 2.16 bits per heavy atom. The van der Waals surface area contributed by atoms with Crippen molar-refractivity contribution < 1.29 is 24.2 Å². The van der Waals surface area contributed by atoms with Crippen LogP contribution in [-0.2, 0) is 14.3 Å². The molecule has 0 bridgehead atoms. The Hall–Kier alpha value is -1.34. The number of aliphatic carboxylic acids is 1. The SMILES string of the molecule is CC(C)(C)OC(=O)NC1(C(CN)C(=O)O)CCOC1. The largest absolute Gasteiger partial charge is 0.481 e. The number of carbonyl (C=O) groups is 2. The first-order chi connectivity index (χ1) is 8.70. The molecule has 0 aromatic heterocycles. The van der Waals surface area contributed by atoms with Crippen LogP contribution in [0.5, 0.6) is 0 Å². The predicted molar refractivity (Wildman–Crippen MR) is 67.7 cm³/mol. The first kappa shape index (κ1) is 15.7.